The predicted molar refractivity (Wildman–Crippen MR) is 128 cm³/mol. The van der Waals surface area contributed by atoms with Crippen molar-refractivity contribution in [3.63, 3.8) is 0 Å². The van der Waals surface area contributed by atoms with Gasteiger partial charge in [0.15, 0.2) is 5.16 Å². The molecule has 2 aromatic heterocycles. The Morgan fingerprint density at radius 3 is 2.87 bits per heavy atom. The van der Waals surface area contributed by atoms with Crippen molar-refractivity contribution in [1.29, 1.82) is 0 Å². The molecule has 168 valence electrons. The number of hydrogen-bond donors (Lipinski definition) is 2. The number of anilines is 1. The lowest BCUT2D eigenvalue weighted by atomic mass is 9.95. The van der Waals surface area contributed by atoms with Crippen LogP contribution in [0.15, 0.2) is 16.0 Å². The van der Waals surface area contributed by atoms with Crippen molar-refractivity contribution in [2.75, 3.05) is 23.4 Å². The molecule has 0 aliphatic heterocycles. The number of aromatic amines is 1. The second-order valence-electron chi connectivity index (χ2n) is 7.07. The molecular weight excluding hydrogens is 454 g/mol. The third-order valence-electron chi connectivity index (χ3n) is 4.62. The second-order valence-corrected chi connectivity index (χ2v) is 10.2. The summed E-state index contributed by atoms with van der Waals surface area (Å²) in [7, 11) is 0. The van der Waals surface area contributed by atoms with Crippen LogP contribution in [-0.2, 0) is 28.1 Å². The number of hydrogen-bond acceptors (Lipinski definition) is 8. The van der Waals surface area contributed by atoms with Crippen molar-refractivity contribution < 1.29 is 14.3 Å². The molecule has 3 rings (SSSR count). The number of amides is 1. The minimum Gasteiger partial charge on any atom is -0.462 e. The summed E-state index contributed by atoms with van der Waals surface area (Å²) >= 11 is 4.36. The quantitative estimate of drug-likeness (QED) is 0.226. The Balaban J connectivity index is 1.67. The zero-order chi connectivity index (χ0) is 22.2. The van der Waals surface area contributed by atoms with Crippen molar-refractivity contribution in [2.24, 2.45) is 0 Å². The van der Waals surface area contributed by atoms with Crippen LogP contribution in [0.5, 0.6) is 0 Å². The van der Waals surface area contributed by atoms with Gasteiger partial charge in [-0.25, -0.2) is 9.78 Å². The Bertz CT molecular complexity index is 987. The predicted octanol–water partition coefficient (Wildman–Crippen LogP) is 4.26. The van der Waals surface area contributed by atoms with Gasteiger partial charge in [-0.15, -0.1) is 11.3 Å². The molecule has 7 nitrogen and oxygen atoms in total. The van der Waals surface area contributed by atoms with E-state index >= 15 is 0 Å². The topological polar surface area (TPSA) is 101 Å². The van der Waals surface area contributed by atoms with Crippen LogP contribution in [0.1, 0.15) is 59.6 Å². The van der Waals surface area contributed by atoms with Crippen molar-refractivity contribution in [2.45, 2.75) is 56.9 Å². The number of fused-ring (bicyclic) bond motifs is 1. The molecule has 0 saturated carbocycles. The molecule has 0 fully saturated rings. The summed E-state index contributed by atoms with van der Waals surface area (Å²) in [4.78, 5) is 45.3. The summed E-state index contributed by atoms with van der Waals surface area (Å²) < 4.78 is 5.23. The number of esters is 1. The fraction of sp³-hybridized carbons (Fsp3) is 0.524. The average Bonchev–Trinajstić information content (AvgIpc) is 3.10. The molecule has 0 unspecified atom stereocenters. The highest BCUT2D eigenvalue weighted by Crippen LogP contribution is 2.38. The van der Waals surface area contributed by atoms with Crippen LogP contribution in [0.2, 0.25) is 0 Å². The molecular formula is C21H27N3O4S3. The van der Waals surface area contributed by atoms with Crippen LogP contribution >= 0.6 is 34.9 Å². The average molecular weight is 482 g/mol. The number of ether oxygens (including phenoxy) is 1. The third kappa shape index (κ3) is 6.60. The lowest BCUT2D eigenvalue weighted by Gasteiger charge is -2.12. The molecule has 0 radical (unpaired) electrons. The molecule has 2 aromatic rings. The Hall–Kier alpha value is -1.78. The van der Waals surface area contributed by atoms with Gasteiger partial charge in [-0.3, -0.25) is 9.59 Å². The summed E-state index contributed by atoms with van der Waals surface area (Å²) in [5, 5.41) is 3.86. The second kappa shape index (κ2) is 11.7. The van der Waals surface area contributed by atoms with Gasteiger partial charge in [0.25, 0.3) is 5.56 Å². The maximum Gasteiger partial charge on any atom is 0.341 e. The molecule has 0 spiro atoms. The highest BCUT2D eigenvalue weighted by molar-refractivity contribution is 7.99. The van der Waals surface area contributed by atoms with E-state index in [-0.39, 0.29) is 23.2 Å². The first-order valence-electron chi connectivity index (χ1n) is 10.4. The largest absolute Gasteiger partial charge is 0.462 e. The van der Waals surface area contributed by atoms with Crippen LogP contribution in [-0.4, -0.2) is 40.0 Å². The van der Waals surface area contributed by atoms with Crippen LogP contribution in [0.4, 0.5) is 5.00 Å². The van der Waals surface area contributed by atoms with Gasteiger partial charge in [0, 0.05) is 16.7 Å². The van der Waals surface area contributed by atoms with Crippen molar-refractivity contribution in [3.05, 3.63) is 38.1 Å². The van der Waals surface area contributed by atoms with Gasteiger partial charge in [-0.05, 0) is 50.3 Å². The smallest absolute Gasteiger partial charge is 0.341 e. The molecule has 2 heterocycles. The van der Waals surface area contributed by atoms with E-state index in [0.29, 0.717) is 33.8 Å². The maximum absolute atomic E-state index is 12.6. The standard InChI is InChI=1S/C21H27N3O4S3/c1-3-9-29-11-13-10-16(25)24-21(22-13)30-12-17(26)23-19-18(20(27)28-4-2)14-7-5-6-8-15(14)31-19/h10H,3-9,11-12H2,1-2H3,(H,23,26)(H,22,24,25). The molecule has 0 aromatic carbocycles. The number of thioether (sulfide) groups is 2. The number of rotatable bonds is 10. The highest BCUT2D eigenvalue weighted by atomic mass is 32.2. The molecule has 0 atom stereocenters. The van der Waals surface area contributed by atoms with Crippen molar-refractivity contribution in [3.8, 4) is 0 Å². The molecule has 1 aliphatic carbocycles. The van der Waals surface area contributed by atoms with Crippen LogP contribution in [0, 0.1) is 0 Å². The first-order valence-corrected chi connectivity index (χ1v) is 13.4. The van der Waals surface area contributed by atoms with Crippen molar-refractivity contribution >= 4 is 51.7 Å². The highest BCUT2D eigenvalue weighted by Gasteiger charge is 2.27. The normalized spacial score (nSPS) is 13.0. The minimum atomic E-state index is -0.381. The van der Waals surface area contributed by atoms with E-state index in [4.69, 9.17) is 4.74 Å². The van der Waals surface area contributed by atoms with E-state index in [1.54, 1.807) is 18.7 Å². The summed E-state index contributed by atoms with van der Waals surface area (Å²) in [6.07, 6.45) is 4.94. The fourth-order valence-electron chi connectivity index (χ4n) is 3.32. The third-order valence-corrected chi connectivity index (χ3v) is 7.89. The summed E-state index contributed by atoms with van der Waals surface area (Å²) in [5.41, 5.74) is 2.00. The van der Waals surface area contributed by atoms with E-state index in [0.717, 1.165) is 48.3 Å². The van der Waals surface area contributed by atoms with Gasteiger partial charge in [0.05, 0.1) is 23.6 Å². The number of aryl methyl sites for hydroxylation is 1. The van der Waals surface area contributed by atoms with Crippen molar-refractivity contribution in [1.82, 2.24) is 9.97 Å². The van der Waals surface area contributed by atoms with Gasteiger partial charge in [-0.1, -0.05) is 18.7 Å². The number of carbonyl (C=O) groups is 2. The monoisotopic (exact) mass is 481 g/mol. The summed E-state index contributed by atoms with van der Waals surface area (Å²) in [5.74, 6) is 1.13. The zero-order valence-electron chi connectivity index (χ0n) is 17.7. The van der Waals surface area contributed by atoms with Gasteiger partial charge in [0.1, 0.15) is 5.00 Å². The summed E-state index contributed by atoms with van der Waals surface area (Å²) in [6.45, 7) is 4.17. The first kappa shape index (κ1) is 23.9. The SMILES string of the molecule is CCCSCc1cc(=O)[nH]c(SCC(=O)Nc2sc3c(c2C(=O)OCC)CCCC3)n1. The van der Waals surface area contributed by atoms with Crippen LogP contribution in [0.3, 0.4) is 0 Å². The number of carbonyl (C=O) groups excluding carboxylic acids is 2. The Morgan fingerprint density at radius 1 is 1.29 bits per heavy atom. The van der Waals surface area contributed by atoms with Crippen LogP contribution in [0.25, 0.3) is 0 Å². The Labute approximate surface area is 194 Å². The van der Waals surface area contributed by atoms with E-state index in [1.165, 1.54) is 29.2 Å². The van der Waals surface area contributed by atoms with Gasteiger partial charge >= 0.3 is 5.97 Å². The summed E-state index contributed by atoms with van der Waals surface area (Å²) in [6, 6.07) is 1.49. The van der Waals surface area contributed by atoms with Gasteiger partial charge in [-0.2, -0.15) is 11.8 Å². The van der Waals surface area contributed by atoms with E-state index in [2.05, 4.69) is 22.2 Å². The molecule has 31 heavy (non-hydrogen) atoms. The van der Waals surface area contributed by atoms with Gasteiger partial charge < -0.3 is 15.0 Å². The number of nitrogens with zero attached hydrogens (tertiary/aromatic N) is 1. The number of thiophene rings is 1. The lowest BCUT2D eigenvalue weighted by molar-refractivity contribution is -0.113. The molecule has 2 N–H and O–H groups in total. The molecule has 1 aliphatic rings. The number of H-pyrrole nitrogens is 1. The van der Waals surface area contributed by atoms with E-state index in [9.17, 15) is 14.4 Å². The van der Waals surface area contributed by atoms with Crippen LogP contribution < -0.4 is 10.9 Å². The van der Waals surface area contributed by atoms with E-state index < -0.39 is 0 Å². The number of nitrogens with one attached hydrogen (secondary N) is 2. The van der Waals surface area contributed by atoms with E-state index in [1.807, 2.05) is 0 Å². The Morgan fingerprint density at radius 2 is 2.10 bits per heavy atom. The minimum absolute atomic E-state index is 0.0827. The number of aromatic nitrogens is 2. The van der Waals surface area contributed by atoms with Gasteiger partial charge in [0.2, 0.25) is 5.91 Å². The molecule has 0 bridgehead atoms. The Kier molecular flexibility index (Phi) is 9.03. The fourth-order valence-corrected chi connectivity index (χ4v) is 6.09. The maximum atomic E-state index is 12.6. The molecule has 10 heteroatoms. The molecule has 0 saturated heterocycles. The zero-order valence-corrected chi connectivity index (χ0v) is 20.2. The molecule has 1 amide bonds. The lowest BCUT2D eigenvalue weighted by Crippen LogP contribution is -2.18. The first-order chi connectivity index (χ1) is 15.0.